The molecule has 1 aromatic heterocycles. The van der Waals surface area contributed by atoms with E-state index in [1.807, 2.05) is 10.3 Å². The highest BCUT2D eigenvalue weighted by atomic mass is 32.1. The van der Waals surface area contributed by atoms with Crippen LogP contribution in [0, 0.1) is 11.6 Å². The van der Waals surface area contributed by atoms with Crippen molar-refractivity contribution < 1.29 is 13.5 Å². The predicted octanol–water partition coefficient (Wildman–Crippen LogP) is 1.94. The van der Waals surface area contributed by atoms with Gasteiger partial charge >= 0.3 is 0 Å². The summed E-state index contributed by atoms with van der Waals surface area (Å²) in [5.74, 6) is -0.909. The summed E-state index contributed by atoms with van der Waals surface area (Å²) in [7, 11) is 0. The minimum Gasteiger partial charge on any atom is -0.489 e. The van der Waals surface area contributed by atoms with Crippen molar-refractivity contribution in [2.24, 2.45) is 10.7 Å². The van der Waals surface area contributed by atoms with Crippen molar-refractivity contribution in [1.82, 2.24) is 9.88 Å². The smallest absolute Gasteiger partial charge is 0.191 e. The molecule has 0 unspecified atom stereocenters. The second-order valence-electron chi connectivity index (χ2n) is 5.45. The first-order valence-corrected chi connectivity index (χ1v) is 8.78. The van der Waals surface area contributed by atoms with Gasteiger partial charge in [-0.3, -0.25) is 0 Å². The zero-order valence-electron chi connectivity index (χ0n) is 13.6. The number of nitrogens with zero attached hydrogens (tertiary/aromatic N) is 4. The monoisotopic (exact) mass is 367 g/mol. The maximum atomic E-state index is 13.4. The molecule has 0 bridgehead atoms. The van der Waals surface area contributed by atoms with Crippen LogP contribution in [0.3, 0.4) is 0 Å². The van der Waals surface area contributed by atoms with Crippen molar-refractivity contribution >= 4 is 22.4 Å². The van der Waals surface area contributed by atoms with E-state index in [-0.39, 0.29) is 12.4 Å². The van der Waals surface area contributed by atoms with Crippen molar-refractivity contribution in [1.29, 1.82) is 0 Å². The molecule has 1 fully saturated rings. The van der Waals surface area contributed by atoms with E-state index in [1.165, 1.54) is 6.07 Å². The van der Waals surface area contributed by atoms with Crippen molar-refractivity contribution in [3.63, 3.8) is 0 Å². The third kappa shape index (κ3) is 4.56. The highest BCUT2D eigenvalue weighted by molar-refractivity contribution is 7.13. The number of thiazole rings is 1. The molecule has 0 atom stereocenters. The van der Waals surface area contributed by atoms with Gasteiger partial charge in [0, 0.05) is 43.8 Å². The van der Waals surface area contributed by atoms with E-state index in [1.54, 1.807) is 17.5 Å². The van der Waals surface area contributed by atoms with Crippen molar-refractivity contribution in [3.8, 4) is 5.75 Å². The molecule has 1 aliphatic heterocycles. The molecule has 25 heavy (non-hydrogen) atoms. The van der Waals surface area contributed by atoms with Gasteiger partial charge in [0.05, 0.1) is 6.54 Å². The maximum Gasteiger partial charge on any atom is 0.191 e. The van der Waals surface area contributed by atoms with Gasteiger partial charge in [-0.1, -0.05) is 0 Å². The predicted molar refractivity (Wildman–Crippen MR) is 94.2 cm³/mol. The van der Waals surface area contributed by atoms with E-state index < -0.39 is 11.6 Å². The molecule has 0 spiro atoms. The first-order chi connectivity index (χ1) is 12.1. The van der Waals surface area contributed by atoms with Crippen LogP contribution in [0.15, 0.2) is 34.8 Å². The number of nitrogens with two attached hydrogens (primary N) is 1. The molecule has 2 aromatic rings. The number of guanidine groups is 1. The van der Waals surface area contributed by atoms with Crippen molar-refractivity contribution in [2.45, 2.75) is 0 Å². The highest BCUT2D eigenvalue weighted by Gasteiger charge is 2.19. The van der Waals surface area contributed by atoms with Crippen LogP contribution in [-0.4, -0.2) is 55.2 Å². The van der Waals surface area contributed by atoms with Gasteiger partial charge < -0.3 is 20.3 Å². The van der Waals surface area contributed by atoms with E-state index in [9.17, 15) is 8.78 Å². The zero-order valence-corrected chi connectivity index (χ0v) is 14.4. The van der Waals surface area contributed by atoms with Gasteiger partial charge in [0.2, 0.25) is 0 Å². The summed E-state index contributed by atoms with van der Waals surface area (Å²) >= 11 is 1.62. The van der Waals surface area contributed by atoms with E-state index in [4.69, 9.17) is 10.5 Å². The minimum atomic E-state index is -0.727. The number of piperazine rings is 1. The number of ether oxygens (including phenoxy) is 1. The lowest BCUT2D eigenvalue weighted by Gasteiger charge is -2.35. The van der Waals surface area contributed by atoms with Crippen molar-refractivity contribution in [2.75, 3.05) is 44.2 Å². The Labute approximate surface area is 148 Å². The molecular weight excluding hydrogens is 348 g/mol. The Morgan fingerprint density at radius 2 is 2.08 bits per heavy atom. The Bertz CT molecular complexity index is 717. The molecule has 1 saturated heterocycles. The molecular formula is C16H19F2N5OS. The number of aliphatic imine (C=N–C) groups is 1. The van der Waals surface area contributed by atoms with Crippen LogP contribution < -0.4 is 15.4 Å². The Kier molecular flexibility index (Phi) is 5.64. The number of rotatable bonds is 5. The van der Waals surface area contributed by atoms with Gasteiger partial charge in [-0.15, -0.1) is 11.3 Å². The lowest BCUT2D eigenvalue weighted by atomic mass is 10.3. The Morgan fingerprint density at radius 1 is 1.28 bits per heavy atom. The van der Waals surface area contributed by atoms with Gasteiger partial charge in [-0.2, -0.15) is 0 Å². The standard InChI is InChI=1S/C16H19F2N5OS/c17-12-1-2-14(13(18)11-12)24-9-3-20-15(19)22-5-7-23(8-6-22)16-21-4-10-25-16/h1-2,4,10-11H,3,5-9H2,(H2,19,20). The summed E-state index contributed by atoms with van der Waals surface area (Å²) in [4.78, 5) is 12.8. The largest absolute Gasteiger partial charge is 0.489 e. The summed E-state index contributed by atoms with van der Waals surface area (Å²) in [6, 6.07) is 3.20. The van der Waals surface area contributed by atoms with E-state index in [0.29, 0.717) is 12.5 Å². The molecule has 2 heterocycles. The molecule has 1 aromatic carbocycles. The van der Waals surface area contributed by atoms with E-state index in [2.05, 4.69) is 14.9 Å². The van der Waals surface area contributed by atoms with Crippen LogP contribution in [0.2, 0.25) is 0 Å². The third-order valence-electron chi connectivity index (χ3n) is 3.81. The molecule has 3 rings (SSSR count). The number of halogens is 2. The molecule has 9 heteroatoms. The summed E-state index contributed by atoms with van der Waals surface area (Å²) in [6.45, 7) is 3.67. The lowest BCUT2D eigenvalue weighted by Crippen LogP contribution is -2.51. The average molecular weight is 367 g/mol. The second kappa shape index (κ2) is 8.11. The summed E-state index contributed by atoms with van der Waals surface area (Å²) in [5, 5.41) is 2.98. The van der Waals surface area contributed by atoms with Crippen LogP contribution >= 0.6 is 11.3 Å². The van der Waals surface area contributed by atoms with Gasteiger partial charge in [0.1, 0.15) is 12.4 Å². The molecule has 0 amide bonds. The van der Waals surface area contributed by atoms with Gasteiger partial charge in [-0.25, -0.2) is 18.8 Å². The van der Waals surface area contributed by atoms with Gasteiger partial charge in [0.25, 0.3) is 0 Å². The van der Waals surface area contributed by atoms with Gasteiger partial charge in [0.15, 0.2) is 22.7 Å². The summed E-state index contributed by atoms with van der Waals surface area (Å²) in [6.07, 6.45) is 1.80. The zero-order chi connectivity index (χ0) is 17.6. The normalized spacial score (nSPS) is 15.5. The molecule has 6 nitrogen and oxygen atoms in total. The number of aromatic nitrogens is 1. The van der Waals surface area contributed by atoms with Crippen LogP contribution in [-0.2, 0) is 0 Å². The molecule has 0 saturated carbocycles. The van der Waals surface area contributed by atoms with Crippen molar-refractivity contribution in [3.05, 3.63) is 41.4 Å². The first-order valence-electron chi connectivity index (χ1n) is 7.90. The maximum absolute atomic E-state index is 13.4. The quantitative estimate of drug-likeness (QED) is 0.497. The van der Waals surface area contributed by atoms with Crippen LogP contribution in [0.25, 0.3) is 0 Å². The molecule has 134 valence electrons. The Balaban J connectivity index is 1.43. The number of hydrogen-bond donors (Lipinski definition) is 1. The average Bonchev–Trinajstić information content (AvgIpc) is 3.15. The topological polar surface area (TPSA) is 67.0 Å². The SMILES string of the molecule is NC(=NCCOc1ccc(F)cc1F)N1CCN(c2nccs2)CC1. The first kappa shape index (κ1) is 17.4. The van der Waals surface area contributed by atoms with Crippen LogP contribution in [0.1, 0.15) is 0 Å². The lowest BCUT2D eigenvalue weighted by molar-refractivity contribution is 0.308. The molecule has 2 N–H and O–H groups in total. The van der Waals surface area contributed by atoms with Crippen LogP contribution in [0.4, 0.5) is 13.9 Å². The van der Waals surface area contributed by atoms with E-state index >= 15 is 0 Å². The Hall–Kier alpha value is -2.42. The summed E-state index contributed by atoms with van der Waals surface area (Å²) < 4.78 is 31.5. The van der Waals surface area contributed by atoms with Gasteiger partial charge in [-0.05, 0) is 12.1 Å². The fourth-order valence-electron chi connectivity index (χ4n) is 2.51. The molecule has 1 aliphatic rings. The highest BCUT2D eigenvalue weighted by Crippen LogP contribution is 2.19. The number of anilines is 1. The molecule has 0 radical (unpaired) electrons. The number of benzene rings is 1. The fourth-order valence-corrected chi connectivity index (χ4v) is 3.20. The second-order valence-corrected chi connectivity index (χ2v) is 6.32. The fraction of sp³-hybridized carbons (Fsp3) is 0.375. The molecule has 0 aliphatic carbocycles. The Morgan fingerprint density at radius 3 is 2.76 bits per heavy atom. The summed E-state index contributed by atoms with van der Waals surface area (Å²) in [5.41, 5.74) is 6.01. The number of hydrogen-bond acceptors (Lipinski definition) is 5. The third-order valence-corrected chi connectivity index (χ3v) is 4.64. The van der Waals surface area contributed by atoms with Crippen LogP contribution in [0.5, 0.6) is 5.75 Å². The minimum absolute atomic E-state index is 0.00670. The van der Waals surface area contributed by atoms with E-state index in [0.717, 1.165) is 43.4 Å².